The second-order valence-corrected chi connectivity index (χ2v) is 8.68. The van der Waals surface area contributed by atoms with Gasteiger partial charge in [0.1, 0.15) is 0 Å². The Balaban J connectivity index is 1.82. The number of hydrogen-bond donors (Lipinski definition) is 2. The highest BCUT2D eigenvalue weighted by Crippen LogP contribution is 2.27. The molecule has 2 N–H and O–H groups in total. The van der Waals surface area contributed by atoms with Crippen LogP contribution in [-0.4, -0.2) is 47.9 Å². The normalized spacial score (nSPS) is 17.8. The Kier molecular flexibility index (Phi) is 6.70. The van der Waals surface area contributed by atoms with Crippen LogP contribution >= 0.6 is 0 Å². The predicted molar refractivity (Wildman–Crippen MR) is 116 cm³/mol. The van der Waals surface area contributed by atoms with Gasteiger partial charge in [0.05, 0.1) is 12.5 Å². The van der Waals surface area contributed by atoms with Gasteiger partial charge in [-0.15, -0.1) is 0 Å². The van der Waals surface area contributed by atoms with E-state index in [9.17, 15) is 9.59 Å². The van der Waals surface area contributed by atoms with E-state index in [2.05, 4.69) is 39.8 Å². The lowest BCUT2D eigenvalue weighted by molar-refractivity contribution is -0.134. The summed E-state index contributed by atoms with van der Waals surface area (Å²) in [7, 11) is 0. The monoisotopic (exact) mass is 393 g/mol. The number of piperazine rings is 1. The van der Waals surface area contributed by atoms with Crippen molar-refractivity contribution in [1.29, 1.82) is 0 Å². The zero-order chi connectivity index (χ0) is 20.9. The molecule has 0 aliphatic carbocycles. The third-order valence-electron chi connectivity index (χ3n) is 5.16. The van der Waals surface area contributed by atoms with E-state index in [-0.39, 0.29) is 29.7 Å². The van der Waals surface area contributed by atoms with Crippen LogP contribution in [0.4, 0.5) is 0 Å². The van der Waals surface area contributed by atoms with Crippen molar-refractivity contribution in [2.75, 3.05) is 19.6 Å². The Labute approximate surface area is 173 Å². The lowest BCUT2D eigenvalue weighted by Gasteiger charge is -2.37. The number of rotatable bonds is 6. The van der Waals surface area contributed by atoms with Gasteiger partial charge in [0.2, 0.25) is 11.8 Å². The first-order valence-electron chi connectivity index (χ1n) is 10.3. The summed E-state index contributed by atoms with van der Waals surface area (Å²) in [6.07, 6.45) is 0.166. The second-order valence-electron chi connectivity index (χ2n) is 8.68. The fourth-order valence-corrected chi connectivity index (χ4v) is 3.86. The summed E-state index contributed by atoms with van der Waals surface area (Å²) in [5.74, 6) is -0.0304. The minimum absolute atomic E-state index is 0.0693. The maximum Gasteiger partial charge on any atom is 0.237 e. The zero-order valence-corrected chi connectivity index (χ0v) is 17.5. The second kappa shape index (κ2) is 9.23. The van der Waals surface area contributed by atoms with Gasteiger partial charge in [-0.3, -0.25) is 14.5 Å². The summed E-state index contributed by atoms with van der Waals surface area (Å²) in [4.78, 5) is 27.3. The van der Waals surface area contributed by atoms with Crippen molar-refractivity contribution in [3.05, 3.63) is 71.8 Å². The van der Waals surface area contributed by atoms with Gasteiger partial charge in [0.15, 0.2) is 0 Å². The average molecular weight is 394 g/mol. The van der Waals surface area contributed by atoms with Gasteiger partial charge >= 0.3 is 0 Å². The standard InChI is InChI=1S/C24H31N3O2/c1-24(2,3)26-22(28)16-21-23(29)25-14-15-27(21)17-20(18-10-6-4-7-11-18)19-12-8-5-9-13-19/h4-13,20-21H,14-17H2,1-3H3,(H,25,29)(H,26,28). The molecular formula is C24H31N3O2. The minimum Gasteiger partial charge on any atom is -0.353 e. The Bertz CT molecular complexity index is 776. The molecule has 1 atom stereocenters. The van der Waals surface area contributed by atoms with E-state index in [0.29, 0.717) is 13.1 Å². The summed E-state index contributed by atoms with van der Waals surface area (Å²) in [5.41, 5.74) is 2.11. The summed E-state index contributed by atoms with van der Waals surface area (Å²) in [6, 6.07) is 20.3. The van der Waals surface area contributed by atoms with E-state index >= 15 is 0 Å². The number of benzene rings is 2. The molecule has 2 aromatic carbocycles. The maximum atomic E-state index is 12.6. The number of hydrogen-bond acceptors (Lipinski definition) is 3. The highest BCUT2D eigenvalue weighted by atomic mass is 16.2. The fraction of sp³-hybridized carbons (Fsp3) is 0.417. The molecule has 29 heavy (non-hydrogen) atoms. The maximum absolute atomic E-state index is 12.6. The first kappa shape index (κ1) is 21.1. The van der Waals surface area contributed by atoms with Crippen LogP contribution in [0.5, 0.6) is 0 Å². The molecule has 2 aromatic rings. The Morgan fingerprint density at radius 1 is 1.07 bits per heavy atom. The van der Waals surface area contributed by atoms with Crippen LogP contribution in [0.25, 0.3) is 0 Å². The average Bonchev–Trinajstić information content (AvgIpc) is 2.68. The molecule has 5 heteroatoms. The van der Waals surface area contributed by atoms with Crippen LogP contribution in [0.1, 0.15) is 44.2 Å². The van der Waals surface area contributed by atoms with E-state index in [0.717, 1.165) is 6.54 Å². The molecule has 0 aromatic heterocycles. The van der Waals surface area contributed by atoms with Gasteiger partial charge < -0.3 is 10.6 Å². The van der Waals surface area contributed by atoms with E-state index in [1.54, 1.807) is 0 Å². The fourth-order valence-electron chi connectivity index (χ4n) is 3.86. The smallest absolute Gasteiger partial charge is 0.237 e. The molecule has 1 saturated heterocycles. The van der Waals surface area contributed by atoms with Crippen molar-refractivity contribution in [3.63, 3.8) is 0 Å². The van der Waals surface area contributed by atoms with E-state index in [4.69, 9.17) is 0 Å². The van der Waals surface area contributed by atoms with Crippen LogP contribution in [0.2, 0.25) is 0 Å². The molecule has 1 fully saturated rings. The number of amides is 2. The lowest BCUT2D eigenvalue weighted by atomic mass is 9.90. The molecule has 5 nitrogen and oxygen atoms in total. The number of carbonyl (C=O) groups excluding carboxylic acids is 2. The SMILES string of the molecule is CC(C)(C)NC(=O)CC1C(=O)NCCN1CC(c1ccccc1)c1ccccc1. The van der Waals surface area contributed by atoms with Gasteiger partial charge in [0.25, 0.3) is 0 Å². The largest absolute Gasteiger partial charge is 0.353 e. The Hall–Kier alpha value is -2.66. The van der Waals surface area contributed by atoms with Crippen molar-refractivity contribution < 1.29 is 9.59 Å². The molecule has 0 spiro atoms. The third kappa shape index (κ3) is 5.91. The molecule has 0 bridgehead atoms. The lowest BCUT2D eigenvalue weighted by Crippen LogP contribution is -2.58. The molecule has 3 rings (SSSR count). The molecule has 0 radical (unpaired) electrons. The molecule has 2 amide bonds. The topological polar surface area (TPSA) is 61.4 Å². The number of nitrogens with one attached hydrogen (secondary N) is 2. The molecule has 1 aliphatic heterocycles. The van der Waals surface area contributed by atoms with Crippen LogP contribution in [0.3, 0.4) is 0 Å². The first-order valence-corrected chi connectivity index (χ1v) is 10.3. The van der Waals surface area contributed by atoms with Gasteiger partial charge in [-0.05, 0) is 31.9 Å². The van der Waals surface area contributed by atoms with E-state index in [1.807, 2.05) is 57.2 Å². The van der Waals surface area contributed by atoms with Crippen LogP contribution in [0.15, 0.2) is 60.7 Å². The zero-order valence-electron chi connectivity index (χ0n) is 17.5. The summed E-state index contributed by atoms with van der Waals surface area (Å²) in [5, 5.41) is 5.90. The highest BCUT2D eigenvalue weighted by molar-refractivity contribution is 5.89. The molecule has 0 saturated carbocycles. The Morgan fingerprint density at radius 2 is 1.62 bits per heavy atom. The van der Waals surface area contributed by atoms with Crippen molar-refractivity contribution in [2.24, 2.45) is 0 Å². The first-order chi connectivity index (χ1) is 13.8. The number of carbonyl (C=O) groups is 2. The van der Waals surface area contributed by atoms with Gasteiger partial charge in [-0.1, -0.05) is 60.7 Å². The van der Waals surface area contributed by atoms with Crippen LogP contribution < -0.4 is 10.6 Å². The highest BCUT2D eigenvalue weighted by Gasteiger charge is 2.34. The van der Waals surface area contributed by atoms with Crippen LogP contribution in [0, 0.1) is 0 Å². The van der Waals surface area contributed by atoms with E-state index < -0.39 is 6.04 Å². The summed E-state index contributed by atoms with van der Waals surface area (Å²) >= 11 is 0. The van der Waals surface area contributed by atoms with Gasteiger partial charge in [-0.25, -0.2) is 0 Å². The third-order valence-corrected chi connectivity index (χ3v) is 5.16. The summed E-state index contributed by atoms with van der Waals surface area (Å²) < 4.78 is 0. The summed E-state index contributed by atoms with van der Waals surface area (Å²) in [6.45, 7) is 7.87. The molecule has 1 heterocycles. The van der Waals surface area contributed by atoms with Gasteiger partial charge in [0, 0.05) is 31.1 Å². The molecular weight excluding hydrogens is 362 g/mol. The minimum atomic E-state index is -0.457. The van der Waals surface area contributed by atoms with E-state index in [1.165, 1.54) is 11.1 Å². The quantitative estimate of drug-likeness (QED) is 0.793. The van der Waals surface area contributed by atoms with Gasteiger partial charge in [-0.2, -0.15) is 0 Å². The molecule has 154 valence electrons. The predicted octanol–water partition coefficient (Wildman–Crippen LogP) is 2.92. The van der Waals surface area contributed by atoms with Crippen molar-refractivity contribution in [3.8, 4) is 0 Å². The van der Waals surface area contributed by atoms with Crippen molar-refractivity contribution >= 4 is 11.8 Å². The van der Waals surface area contributed by atoms with Crippen molar-refractivity contribution in [1.82, 2.24) is 15.5 Å². The van der Waals surface area contributed by atoms with Crippen LogP contribution in [-0.2, 0) is 9.59 Å². The van der Waals surface area contributed by atoms with Crippen molar-refractivity contribution in [2.45, 2.75) is 44.7 Å². The molecule has 1 unspecified atom stereocenters. The number of nitrogens with zero attached hydrogens (tertiary/aromatic N) is 1. The Morgan fingerprint density at radius 3 is 2.14 bits per heavy atom. The molecule has 1 aliphatic rings.